The van der Waals surface area contributed by atoms with Gasteiger partial charge in [0.2, 0.25) is 0 Å². The fraction of sp³-hybridized carbons (Fsp3) is 0.400. The summed E-state index contributed by atoms with van der Waals surface area (Å²) in [4.78, 5) is -0.467. The van der Waals surface area contributed by atoms with Crippen molar-refractivity contribution in [3.8, 4) is 0 Å². The van der Waals surface area contributed by atoms with Crippen LogP contribution in [0.25, 0.3) is 0 Å². The zero-order valence-electron chi connectivity index (χ0n) is 16.2. The first kappa shape index (κ1) is 21.9. The van der Waals surface area contributed by atoms with Gasteiger partial charge in [-0.1, -0.05) is 35.4 Å². The summed E-state index contributed by atoms with van der Waals surface area (Å²) in [6, 6.07) is 9.08. The molecule has 0 amide bonds. The number of aliphatic hydroxyl groups is 1. The molecule has 0 radical (unpaired) electrons. The van der Waals surface area contributed by atoms with Crippen LogP contribution in [-0.4, -0.2) is 31.0 Å². The van der Waals surface area contributed by atoms with Crippen molar-refractivity contribution in [2.24, 2.45) is 0 Å². The summed E-state index contributed by atoms with van der Waals surface area (Å²) in [5.41, 5.74) is 0.776. The van der Waals surface area contributed by atoms with Crippen LogP contribution >= 0.6 is 0 Å². The summed E-state index contributed by atoms with van der Waals surface area (Å²) >= 11 is 0. The second-order valence-corrected chi connectivity index (χ2v) is 10.6. The van der Waals surface area contributed by atoms with Crippen LogP contribution < -0.4 is 0 Å². The number of hydrogen-bond acceptors (Lipinski definition) is 5. The molecule has 2 aromatic rings. The molecule has 0 atom stereocenters. The molecule has 2 aromatic carbocycles. The van der Waals surface area contributed by atoms with Crippen molar-refractivity contribution in [3.63, 3.8) is 0 Å². The van der Waals surface area contributed by atoms with E-state index in [2.05, 4.69) is 0 Å². The van der Waals surface area contributed by atoms with Crippen molar-refractivity contribution in [1.29, 1.82) is 0 Å². The van der Waals surface area contributed by atoms with Crippen LogP contribution in [0.3, 0.4) is 0 Å². The van der Waals surface area contributed by atoms with E-state index < -0.39 is 25.8 Å². The molecule has 29 heavy (non-hydrogen) atoms. The van der Waals surface area contributed by atoms with Crippen LogP contribution in [0.1, 0.15) is 53.9 Å². The lowest BCUT2D eigenvalue weighted by Crippen LogP contribution is -2.33. The molecular formula is C20H24O7S2. The Morgan fingerprint density at radius 3 is 1.83 bits per heavy atom. The second-order valence-electron chi connectivity index (χ2n) is 7.80. The van der Waals surface area contributed by atoms with Gasteiger partial charge in [0, 0.05) is 5.56 Å². The third kappa shape index (κ3) is 4.54. The molecular weight excluding hydrogens is 416 g/mol. The van der Waals surface area contributed by atoms with Crippen LogP contribution in [0.15, 0.2) is 46.2 Å². The zero-order valence-corrected chi connectivity index (χ0v) is 17.8. The molecule has 0 heterocycles. The molecule has 0 unspecified atom stereocenters. The highest BCUT2D eigenvalue weighted by Crippen LogP contribution is 2.46. The molecule has 3 rings (SSSR count). The van der Waals surface area contributed by atoms with E-state index in [1.165, 1.54) is 12.1 Å². The maximum absolute atomic E-state index is 11.8. The third-order valence-electron chi connectivity index (χ3n) is 5.61. The van der Waals surface area contributed by atoms with Gasteiger partial charge in [0.05, 0.1) is 15.4 Å². The summed E-state index contributed by atoms with van der Waals surface area (Å²) in [5.74, 6) is -0.217. The first-order chi connectivity index (χ1) is 13.3. The molecule has 0 bridgehead atoms. The van der Waals surface area contributed by atoms with Crippen molar-refractivity contribution in [3.05, 3.63) is 58.7 Å². The lowest BCUT2D eigenvalue weighted by Gasteiger charge is -2.38. The average Bonchev–Trinajstić information content (AvgIpc) is 2.60. The number of aryl methyl sites for hydroxylation is 2. The van der Waals surface area contributed by atoms with Gasteiger partial charge in [-0.25, -0.2) is 0 Å². The number of hydrogen-bond donors (Lipinski definition) is 3. The van der Waals surface area contributed by atoms with E-state index in [0.29, 0.717) is 18.4 Å². The molecule has 1 saturated carbocycles. The van der Waals surface area contributed by atoms with Crippen LogP contribution in [0.5, 0.6) is 0 Å². The lowest BCUT2D eigenvalue weighted by molar-refractivity contribution is -0.00855. The smallest absolute Gasteiger partial charge is 0.294 e. The molecule has 9 heteroatoms. The van der Waals surface area contributed by atoms with Gasteiger partial charge in [-0.2, -0.15) is 16.8 Å². The molecule has 1 aliphatic rings. The van der Waals surface area contributed by atoms with Gasteiger partial charge in [0.15, 0.2) is 0 Å². The van der Waals surface area contributed by atoms with Gasteiger partial charge >= 0.3 is 0 Å². The van der Waals surface area contributed by atoms with Gasteiger partial charge in [-0.15, -0.1) is 0 Å². The summed E-state index contributed by atoms with van der Waals surface area (Å²) in [7, 11) is -8.89. The van der Waals surface area contributed by atoms with Crippen molar-refractivity contribution in [1.82, 2.24) is 0 Å². The van der Waals surface area contributed by atoms with Crippen molar-refractivity contribution in [2.45, 2.75) is 60.8 Å². The van der Waals surface area contributed by atoms with Crippen LogP contribution in [-0.2, 0) is 25.8 Å². The van der Waals surface area contributed by atoms with Crippen molar-refractivity contribution >= 4 is 20.2 Å². The van der Waals surface area contributed by atoms with E-state index in [0.717, 1.165) is 11.1 Å². The quantitative estimate of drug-likeness (QED) is 0.622. The van der Waals surface area contributed by atoms with Gasteiger partial charge in [0.1, 0.15) is 0 Å². The number of benzene rings is 2. The van der Waals surface area contributed by atoms with Crippen molar-refractivity contribution < 1.29 is 31.0 Å². The molecule has 0 aromatic heterocycles. The fourth-order valence-electron chi connectivity index (χ4n) is 4.13. The van der Waals surface area contributed by atoms with E-state index in [-0.39, 0.29) is 34.1 Å². The van der Waals surface area contributed by atoms with E-state index in [1.807, 2.05) is 6.92 Å². The Morgan fingerprint density at radius 1 is 0.828 bits per heavy atom. The van der Waals surface area contributed by atoms with Gasteiger partial charge in [-0.3, -0.25) is 9.11 Å². The van der Waals surface area contributed by atoms with Gasteiger partial charge in [-0.05, 0) is 63.1 Å². The largest absolute Gasteiger partial charge is 0.385 e. The molecule has 7 nitrogen and oxygen atoms in total. The van der Waals surface area contributed by atoms with Gasteiger partial charge < -0.3 is 5.11 Å². The Hall–Kier alpha value is -1.78. The highest BCUT2D eigenvalue weighted by atomic mass is 32.2. The standard InChI is InChI=1S/C20H24O7S2/c1-13-3-5-18(28(22,23)24)16(11-13)15-7-9-20(21,10-8-15)17-12-14(2)4-6-19(17)29(25,26)27/h3-6,11-12,15,21H,7-10H2,1-2H3,(H,22,23,24)(H,25,26,27). The minimum Gasteiger partial charge on any atom is -0.385 e. The highest BCUT2D eigenvalue weighted by molar-refractivity contribution is 7.86. The van der Waals surface area contributed by atoms with Crippen LogP contribution in [0.2, 0.25) is 0 Å². The van der Waals surface area contributed by atoms with E-state index >= 15 is 0 Å². The molecule has 1 fully saturated rings. The molecule has 1 aliphatic carbocycles. The first-order valence-electron chi connectivity index (χ1n) is 9.20. The highest BCUT2D eigenvalue weighted by Gasteiger charge is 2.39. The summed E-state index contributed by atoms with van der Waals surface area (Å²) in [5, 5.41) is 11.2. The Bertz CT molecular complexity index is 1140. The topological polar surface area (TPSA) is 129 Å². The monoisotopic (exact) mass is 440 g/mol. The summed E-state index contributed by atoms with van der Waals surface area (Å²) < 4.78 is 66.2. The second kappa shape index (κ2) is 7.48. The third-order valence-corrected chi connectivity index (χ3v) is 7.45. The first-order valence-corrected chi connectivity index (χ1v) is 12.1. The molecule has 0 spiro atoms. The van der Waals surface area contributed by atoms with E-state index in [9.17, 15) is 31.0 Å². The maximum Gasteiger partial charge on any atom is 0.294 e. The molecule has 158 valence electrons. The zero-order chi connectivity index (χ0) is 21.6. The Labute approximate surface area is 170 Å². The predicted octanol–water partition coefficient (Wildman–Crippen LogP) is 3.34. The SMILES string of the molecule is Cc1ccc(S(=O)(=O)O)c(C2CCC(O)(c3cc(C)ccc3S(=O)(=O)O)CC2)c1. The molecule has 3 N–H and O–H groups in total. The molecule has 0 aliphatic heterocycles. The summed E-state index contributed by atoms with van der Waals surface area (Å²) in [6.45, 7) is 3.58. The van der Waals surface area contributed by atoms with Gasteiger partial charge in [0.25, 0.3) is 20.2 Å². The Kier molecular flexibility index (Phi) is 5.65. The normalized spacial score (nSPS) is 23.1. The predicted molar refractivity (Wildman–Crippen MR) is 107 cm³/mol. The average molecular weight is 441 g/mol. The number of rotatable bonds is 4. The Balaban J connectivity index is 1.96. The minimum atomic E-state index is -4.51. The van der Waals surface area contributed by atoms with E-state index in [4.69, 9.17) is 0 Å². The van der Waals surface area contributed by atoms with Crippen LogP contribution in [0, 0.1) is 13.8 Å². The van der Waals surface area contributed by atoms with Crippen LogP contribution in [0.4, 0.5) is 0 Å². The van der Waals surface area contributed by atoms with E-state index in [1.54, 1.807) is 31.2 Å². The Morgan fingerprint density at radius 2 is 1.31 bits per heavy atom. The minimum absolute atomic E-state index is 0.146. The van der Waals surface area contributed by atoms with Crippen molar-refractivity contribution in [2.75, 3.05) is 0 Å². The maximum atomic E-state index is 11.8. The fourth-order valence-corrected chi connectivity index (χ4v) is 5.66. The molecule has 0 saturated heterocycles. The lowest BCUT2D eigenvalue weighted by atomic mass is 9.73. The summed E-state index contributed by atoms with van der Waals surface area (Å²) in [6.07, 6.45) is 1.15.